The number of allylic oxidation sites excluding steroid dienone is 2. The Balaban J connectivity index is 1.83. The van der Waals surface area contributed by atoms with Crippen molar-refractivity contribution in [2.24, 2.45) is 23.7 Å². The van der Waals surface area contributed by atoms with E-state index in [2.05, 4.69) is 12.2 Å². The van der Waals surface area contributed by atoms with Crippen molar-refractivity contribution >= 4 is 5.97 Å². The number of fused-ring (bicyclic) bond motifs is 2. The van der Waals surface area contributed by atoms with Crippen molar-refractivity contribution in [2.45, 2.75) is 52.6 Å². The Labute approximate surface area is 104 Å². The van der Waals surface area contributed by atoms with Crippen LogP contribution in [0.25, 0.3) is 0 Å². The van der Waals surface area contributed by atoms with Gasteiger partial charge in [0.2, 0.25) is 0 Å². The smallest absolute Gasteiger partial charge is 0.309 e. The van der Waals surface area contributed by atoms with Crippen LogP contribution in [0.5, 0.6) is 0 Å². The minimum atomic E-state index is -0.361. The molecule has 0 aromatic rings. The molecule has 96 valence electrons. The van der Waals surface area contributed by atoms with Gasteiger partial charge in [0.25, 0.3) is 0 Å². The summed E-state index contributed by atoms with van der Waals surface area (Å²) in [4.78, 5) is 11.9. The van der Waals surface area contributed by atoms with Crippen LogP contribution in [-0.4, -0.2) is 11.6 Å². The third-order valence-electron chi connectivity index (χ3n) is 3.88. The predicted octanol–water partition coefficient (Wildman–Crippen LogP) is 3.57. The van der Waals surface area contributed by atoms with E-state index in [1.54, 1.807) is 0 Å². The van der Waals surface area contributed by atoms with Crippen molar-refractivity contribution < 1.29 is 9.53 Å². The maximum absolute atomic E-state index is 11.9. The Morgan fingerprint density at radius 3 is 2.53 bits per heavy atom. The summed E-state index contributed by atoms with van der Waals surface area (Å²) in [6.07, 6.45) is 8.26. The van der Waals surface area contributed by atoms with Crippen LogP contribution in [0.1, 0.15) is 47.0 Å². The lowest BCUT2D eigenvalue weighted by Crippen LogP contribution is -2.29. The summed E-state index contributed by atoms with van der Waals surface area (Å²) >= 11 is 0. The molecule has 0 amide bonds. The van der Waals surface area contributed by atoms with Crippen LogP contribution >= 0.6 is 0 Å². The fourth-order valence-corrected chi connectivity index (χ4v) is 3.12. The molecular weight excluding hydrogens is 212 g/mol. The first kappa shape index (κ1) is 12.7. The lowest BCUT2D eigenvalue weighted by atomic mass is 9.85. The van der Waals surface area contributed by atoms with Crippen LogP contribution in [0.2, 0.25) is 0 Å². The average Bonchev–Trinajstić information content (AvgIpc) is 2.76. The molecule has 2 aliphatic carbocycles. The van der Waals surface area contributed by atoms with E-state index < -0.39 is 0 Å². The third-order valence-corrected chi connectivity index (χ3v) is 3.88. The SMILES string of the molecule is CC(CC1CC2C=CC1C2)C(=O)OC(C)(C)C. The molecule has 1 saturated carbocycles. The molecule has 1 fully saturated rings. The van der Waals surface area contributed by atoms with Gasteiger partial charge in [0.05, 0.1) is 5.92 Å². The number of carbonyl (C=O) groups excluding carboxylic acids is 1. The zero-order valence-corrected chi connectivity index (χ0v) is 11.4. The maximum atomic E-state index is 11.9. The minimum absolute atomic E-state index is 0.0342. The first-order valence-corrected chi connectivity index (χ1v) is 6.76. The molecule has 0 radical (unpaired) electrons. The van der Waals surface area contributed by atoms with Gasteiger partial charge in [-0.15, -0.1) is 0 Å². The largest absolute Gasteiger partial charge is 0.460 e. The second-order valence-corrected chi connectivity index (χ2v) is 6.71. The van der Waals surface area contributed by atoms with Crippen molar-refractivity contribution in [1.82, 2.24) is 0 Å². The summed E-state index contributed by atoms with van der Waals surface area (Å²) < 4.78 is 5.43. The molecule has 0 N–H and O–H groups in total. The van der Waals surface area contributed by atoms with E-state index in [4.69, 9.17) is 4.74 Å². The zero-order valence-electron chi connectivity index (χ0n) is 11.4. The second kappa shape index (κ2) is 4.47. The topological polar surface area (TPSA) is 26.3 Å². The first-order chi connectivity index (χ1) is 7.85. The van der Waals surface area contributed by atoms with E-state index in [1.165, 1.54) is 12.8 Å². The number of rotatable bonds is 3. The summed E-state index contributed by atoms with van der Waals surface area (Å²) in [5, 5.41) is 0. The molecule has 4 atom stereocenters. The molecule has 17 heavy (non-hydrogen) atoms. The molecule has 2 heteroatoms. The van der Waals surface area contributed by atoms with Crippen molar-refractivity contribution in [2.75, 3.05) is 0 Å². The van der Waals surface area contributed by atoms with Crippen molar-refractivity contribution in [1.29, 1.82) is 0 Å². The van der Waals surface area contributed by atoms with Crippen molar-refractivity contribution in [3.05, 3.63) is 12.2 Å². The summed E-state index contributed by atoms with van der Waals surface area (Å²) in [6.45, 7) is 7.79. The lowest BCUT2D eigenvalue weighted by Gasteiger charge is -2.25. The minimum Gasteiger partial charge on any atom is -0.460 e. The molecule has 2 rings (SSSR count). The van der Waals surface area contributed by atoms with E-state index in [0.29, 0.717) is 5.92 Å². The Bertz CT molecular complexity index is 324. The summed E-state index contributed by atoms with van der Waals surface area (Å²) in [5.41, 5.74) is -0.361. The molecule has 2 nitrogen and oxygen atoms in total. The van der Waals surface area contributed by atoms with Gasteiger partial charge in [-0.1, -0.05) is 19.1 Å². The summed E-state index contributed by atoms with van der Waals surface area (Å²) in [7, 11) is 0. The van der Waals surface area contributed by atoms with Gasteiger partial charge >= 0.3 is 5.97 Å². The van der Waals surface area contributed by atoms with E-state index in [-0.39, 0.29) is 17.5 Å². The molecule has 0 aromatic carbocycles. The second-order valence-electron chi connectivity index (χ2n) is 6.71. The number of esters is 1. The highest BCUT2D eigenvalue weighted by atomic mass is 16.6. The van der Waals surface area contributed by atoms with Gasteiger partial charge in [-0.25, -0.2) is 0 Å². The maximum Gasteiger partial charge on any atom is 0.309 e. The first-order valence-electron chi connectivity index (χ1n) is 6.76. The van der Waals surface area contributed by atoms with Crippen molar-refractivity contribution in [3.63, 3.8) is 0 Å². The fraction of sp³-hybridized carbons (Fsp3) is 0.800. The fourth-order valence-electron chi connectivity index (χ4n) is 3.12. The van der Waals surface area contributed by atoms with Crippen LogP contribution in [0.15, 0.2) is 12.2 Å². The molecule has 0 heterocycles. The number of hydrogen-bond acceptors (Lipinski definition) is 2. The van der Waals surface area contributed by atoms with Gasteiger partial charge in [-0.3, -0.25) is 4.79 Å². The highest BCUT2D eigenvalue weighted by Gasteiger charge is 2.37. The third kappa shape index (κ3) is 3.11. The molecule has 0 spiro atoms. The molecule has 0 aliphatic heterocycles. The summed E-state index contributed by atoms with van der Waals surface area (Å²) in [6, 6.07) is 0. The van der Waals surface area contributed by atoms with E-state index in [1.807, 2.05) is 27.7 Å². The van der Waals surface area contributed by atoms with Crippen LogP contribution in [0, 0.1) is 23.7 Å². The number of ether oxygens (including phenoxy) is 1. The molecular formula is C15H24O2. The van der Waals surface area contributed by atoms with E-state index >= 15 is 0 Å². The summed E-state index contributed by atoms with van der Waals surface area (Å²) in [5.74, 6) is 2.21. The Morgan fingerprint density at radius 1 is 1.35 bits per heavy atom. The van der Waals surface area contributed by atoms with Crippen LogP contribution in [0.4, 0.5) is 0 Å². The standard InChI is InChI=1S/C15H24O2/c1-10(14(16)17-15(2,3)4)7-13-9-11-5-6-12(13)8-11/h5-6,10-13H,7-9H2,1-4H3. The zero-order chi connectivity index (χ0) is 12.6. The van der Waals surface area contributed by atoms with Gasteiger partial charge in [-0.2, -0.15) is 0 Å². The molecule has 0 aromatic heterocycles. The molecule has 4 unspecified atom stereocenters. The van der Waals surface area contributed by atoms with Gasteiger partial charge in [0.15, 0.2) is 0 Å². The van der Waals surface area contributed by atoms with Crippen LogP contribution in [0.3, 0.4) is 0 Å². The number of hydrogen-bond donors (Lipinski definition) is 0. The molecule has 0 saturated heterocycles. The quantitative estimate of drug-likeness (QED) is 0.553. The van der Waals surface area contributed by atoms with Gasteiger partial charge in [0, 0.05) is 0 Å². The normalized spacial score (nSPS) is 32.8. The Kier molecular flexibility index (Phi) is 3.33. The van der Waals surface area contributed by atoms with Crippen LogP contribution < -0.4 is 0 Å². The van der Waals surface area contributed by atoms with Gasteiger partial charge in [0.1, 0.15) is 5.60 Å². The lowest BCUT2D eigenvalue weighted by molar-refractivity contribution is -0.160. The van der Waals surface area contributed by atoms with Gasteiger partial charge < -0.3 is 4.74 Å². The number of carbonyl (C=O) groups is 1. The Morgan fingerprint density at radius 2 is 2.06 bits per heavy atom. The van der Waals surface area contributed by atoms with E-state index in [0.717, 1.165) is 18.3 Å². The highest BCUT2D eigenvalue weighted by Crippen LogP contribution is 2.46. The van der Waals surface area contributed by atoms with Gasteiger partial charge in [-0.05, 0) is 57.8 Å². The van der Waals surface area contributed by atoms with E-state index in [9.17, 15) is 4.79 Å². The predicted molar refractivity (Wildman–Crippen MR) is 68.5 cm³/mol. The molecule has 2 aliphatic rings. The van der Waals surface area contributed by atoms with Crippen molar-refractivity contribution in [3.8, 4) is 0 Å². The Hall–Kier alpha value is -0.790. The molecule has 2 bridgehead atoms. The van der Waals surface area contributed by atoms with Crippen LogP contribution in [-0.2, 0) is 9.53 Å². The average molecular weight is 236 g/mol. The monoisotopic (exact) mass is 236 g/mol. The highest BCUT2D eigenvalue weighted by molar-refractivity contribution is 5.72.